The van der Waals surface area contributed by atoms with Crippen molar-refractivity contribution in [2.75, 3.05) is 6.54 Å². The van der Waals surface area contributed by atoms with Crippen molar-refractivity contribution in [2.24, 2.45) is 0 Å². The molecule has 0 saturated heterocycles. The van der Waals surface area contributed by atoms with E-state index in [1.807, 2.05) is 25.5 Å². The summed E-state index contributed by atoms with van der Waals surface area (Å²) in [6.07, 6.45) is 0.718. The van der Waals surface area contributed by atoms with Gasteiger partial charge in [-0.05, 0) is 40.7 Å². The molecule has 0 aliphatic heterocycles. The van der Waals surface area contributed by atoms with Gasteiger partial charge in [0, 0.05) is 24.3 Å². The highest BCUT2D eigenvalue weighted by Gasteiger charge is 2.15. The molecule has 0 aliphatic rings. The van der Waals surface area contributed by atoms with Crippen LogP contribution in [-0.2, 0) is 13.1 Å². The van der Waals surface area contributed by atoms with Gasteiger partial charge in [0.1, 0.15) is 0 Å². The fourth-order valence-electron chi connectivity index (χ4n) is 1.84. The van der Waals surface area contributed by atoms with Gasteiger partial charge in [0.15, 0.2) is 0 Å². The Hall–Kier alpha value is -0.870. The smallest absolute Gasteiger partial charge is 0.0641 e. The number of rotatable bonds is 6. The van der Waals surface area contributed by atoms with E-state index in [9.17, 15) is 5.11 Å². The van der Waals surface area contributed by atoms with Gasteiger partial charge in [-0.25, -0.2) is 0 Å². The summed E-state index contributed by atoms with van der Waals surface area (Å²) in [4.78, 5) is 0. The SMILES string of the molecule is CCNCc1c(C)nn(CCC(C)(C)O)c1C. The van der Waals surface area contributed by atoms with Crippen LogP contribution < -0.4 is 5.32 Å². The zero-order valence-electron chi connectivity index (χ0n) is 11.7. The Morgan fingerprint density at radius 1 is 1.35 bits per heavy atom. The van der Waals surface area contributed by atoms with Crippen LogP contribution in [0.3, 0.4) is 0 Å². The van der Waals surface area contributed by atoms with Crippen molar-refractivity contribution in [2.45, 2.75) is 59.7 Å². The largest absolute Gasteiger partial charge is 0.390 e. The zero-order chi connectivity index (χ0) is 13.1. The minimum Gasteiger partial charge on any atom is -0.390 e. The van der Waals surface area contributed by atoms with E-state index < -0.39 is 5.60 Å². The monoisotopic (exact) mass is 239 g/mol. The first-order chi connectivity index (χ1) is 7.85. The summed E-state index contributed by atoms with van der Waals surface area (Å²) in [7, 11) is 0. The van der Waals surface area contributed by atoms with Crippen LogP contribution in [0.5, 0.6) is 0 Å². The van der Waals surface area contributed by atoms with Crippen LogP contribution in [0.2, 0.25) is 0 Å². The maximum Gasteiger partial charge on any atom is 0.0641 e. The summed E-state index contributed by atoms with van der Waals surface area (Å²) < 4.78 is 2.00. The lowest BCUT2D eigenvalue weighted by Gasteiger charge is -2.17. The van der Waals surface area contributed by atoms with Crippen LogP contribution in [0.25, 0.3) is 0 Å². The third kappa shape index (κ3) is 4.13. The summed E-state index contributed by atoms with van der Waals surface area (Å²) >= 11 is 0. The first kappa shape index (κ1) is 14.2. The first-order valence-corrected chi connectivity index (χ1v) is 6.31. The van der Waals surface area contributed by atoms with Gasteiger partial charge in [-0.1, -0.05) is 6.92 Å². The molecule has 0 spiro atoms. The number of aliphatic hydroxyl groups is 1. The van der Waals surface area contributed by atoms with Crippen LogP contribution in [0, 0.1) is 13.8 Å². The van der Waals surface area contributed by atoms with Crippen LogP contribution in [0.15, 0.2) is 0 Å². The molecule has 0 unspecified atom stereocenters. The Labute approximate surface area is 104 Å². The standard InChI is InChI=1S/C13H25N3O/c1-6-14-9-12-10(2)15-16(11(12)3)8-7-13(4,5)17/h14,17H,6-9H2,1-5H3. The van der Waals surface area contributed by atoms with Crippen LogP contribution in [0.1, 0.15) is 44.1 Å². The maximum atomic E-state index is 9.73. The first-order valence-electron chi connectivity index (χ1n) is 6.31. The molecule has 0 saturated carbocycles. The van der Waals surface area contributed by atoms with Crippen molar-refractivity contribution >= 4 is 0 Å². The molecule has 17 heavy (non-hydrogen) atoms. The molecule has 0 aliphatic carbocycles. The summed E-state index contributed by atoms with van der Waals surface area (Å²) in [5.74, 6) is 0. The van der Waals surface area contributed by atoms with Crippen molar-refractivity contribution in [1.29, 1.82) is 0 Å². The minimum absolute atomic E-state index is 0.631. The van der Waals surface area contributed by atoms with E-state index in [1.54, 1.807) is 0 Å². The van der Waals surface area contributed by atoms with Crippen molar-refractivity contribution in [3.05, 3.63) is 17.0 Å². The molecule has 0 bridgehead atoms. The van der Waals surface area contributed by atoms with Gasteiger partial charge < -0.3 is 10.4 Å². The number of hydrogen-bond donors (Lipinski definition) is 2. The minimum atomic E-state index is -0.631. The second-order valence-electron chi connectivity index (χ2n) is 5.22. The summed E-state index contributed by atoms with van der Waals surface area (Å²) in [5, 5.41) is 17.6. The van der Waals surface area contributed by atoms with Gasteiger partial charge in [0.05, 0.1) is 11.3 Å². The lowest BCUT2D eigenvalue weighted by molar-refractivity contribution is 0.0649. The third-order valence-corrected chi connectivity index (χ3v) is 3.02. The summed E-state index contributed by atoms with van der Waals surface area (Å²) in [6, 6.07) is 0. The quantitative estimate of drug-likeness (QED) is 0.795. The summed E-state index contributed by atoms with van der Waals surface area (Å²) in [5.41, 5.74) is 2.93. The molecule has 4 nitrogen and oxygen atoms in total. The maximum absolute atomic E-state index is 9.73. The topological polar surface area (TPSA) is 50.1 Å². The van der Waals surface area contributed by atoms with Gasteiger partial charge in [0.2, 0.25) is 0 Å². The van der Waals surface area contributed by atoms with Crippen LogP contribution in [0.4, 0.5) is 0 Å². The van der Waals surface area contributed by atoms with Crippen molar-refractivity contribution in [3.8, 4) is 0 Å². The van der Waals surface area contributed by atoms with E-state index in [0.29, 0.717) is 0 Å². The second kappa shape index (κ2) is 5.65. The fourth-order valence-corrected chi connectivity index (χ4v) is 1.84. The van der Waals surface area contributed by atoms with E-state index in [2.05, 4.69) is 24.3 Å². The number of nitrogens with zero attached hydrogens (tertiary/aromatic N) is 2. The van der Waals surface area contributed by atoms with Gasteiger partial charge in [-0.2, -0.15) is 5.10 Å². The molecular weight excluding hydrogens is 214 g/mol. The average molecular weight is 239 g/mol. The van der Waals surface area contributed by atoms with Crippen molar-refractivity contribution < 1.29 is 5.11 Å². The average Bonchev–Trinajstić information content (AvgIpc) is 2.48. The molecule has 0 radical (unpaired) electrons. The Morgan fingerprint density at radius 3 is 2.53 bits per heavy atom. The molecule has 0 amide bonds. The molecule has 1 heterocycles. The van der Waals surface area contributed by atoms with Gasteiger partial charge in [-0.15, -0.1) is 0 Å². The van der Waals surface area contributed by atoms with E-state index in [1.165, 1.54) is 11.3 Å². The van der Waals surface area contributed by atoms with Crippen molar-refractivity contribution in [3.63, 3.8) is 0 Å². The highest BCUT2D eigenvalue weighted by molar-refractivity contribution is 5.24. The molecule has 4 heteroatoms. The summed E-state index contributed by atoms with van der Waals surface area (Å²) in [6.45, 7) is 12.5. The molecule has 1 aromatic rings. The van der Waals surface area contributed by atoms with E-state index in [-0.39, 0.29) is 0 Å². The molecule has 0 atom stereocenters. The Kier molecular flexibility index (Phi) is 4.71. The third-order valence-electron chi connectivity index (χ3n) is 3.02. The lowest BCUT2D eigenvalue weighted by Crippen LogP contribution is -2.22. The number of aryl methyl sites for hydroxylation is 2. The Balaban J connectivity index is 2.74. The number of aromatic nitrogens is 2. The predicted octanol–water partition coefficient (Wildman–Crippen LogP) is 1.77. The number of nitrogens with one attached hydrogen (secondary N) is 1. The molecule has 0 aromatic carbocycles. The second-order valence-corrected chi connectivity index (χ2v) is 5.22. The van der Waals surface area contributed by atoms with Crippen LogP contribution >= 0.6 is 0 Å². The van der Waals surface area contributed by atoms with E-state index in [0.717, 1.165) is 31.7 Å². The molecule has 1 aromatic heterocycles. The molecular formula is C13H25N3O. The van der Waals surface area contributed by atoms with Gasteiger partial charge in [-0.3, -0.25) is 4.68 Å². The molecule has 98 valence electrons. The molecule has 2 N–H and O–H groups in total. The van der Waals surface area contributed by atoms with Crippen LogP contribution in [-0.4, -0.2) is 27.0 Å². The predicted molar refractivity (Wildman–Crippen MR) is 70.0 cm³/mol. The Morgan fingerprint density at radius 2 is 2.00 bits per heavy atom. The number of hydrogen-bond acceptors (Lipinski definition) is 3. The van der Waals surface area contributed by atoms with Gasteiger partial charge >= 0.3 is 0 Å². The highest BCUT2D eigenvalue weighted by Crippen LogP contribution is 2.15. The van der Waals surface area contributed by atoms with Crippen molar-refractivity contribution in [1.82, 2.24) is 15.1 Å². The van der Waals surface area contributed by atoms with E-state index in [4.69, 9.17) is 0 Å². The molecule has 0 fully saturated rings. The molecule has 1 rings (SSSR count). The van der Waals surface area contributed by atoms with Gasteiger partial charge in [0.25, 0.3) is 0 Å². The highest BCUT2D eigenvalue weighted by atomic mass is 16.3. The van der Waals surface area contributed by atoms with E-state index >= 15 is 0 Å². The zero-order valence-corrected chi connectivity index (χ0v) is 11.7. The fraction of sp³-hybridized carbons (Fsp3) is 0.769. The Bertz CT molecular complexity index is 363. The lowest BCUT2D eigenvalue weighted by atomic mass is 10.1. The normalized spacial score (nSPS) is 12.1.